The van der Waals surface area contributed by atoms with Crippen LogP contribution in [0.4, 0.5) is 0 Å². The second-order valence-electron chi connectivity index (χ2n) is 4.15. The molecule has 0 saturated heterocycles. The normalized spacial score (nSPS) is 14.7. The van der Waals surface area contributed by atoms with Crippen molar-refractivity contribution >= 4 is 33.6 Å². The van der Waals surface area contributed by atoms with Crippen molar-refractivity contribution in [2.45, 2.75) is 23.8 Å². The van der Waals surface area contributed by atoms with E-state index in [-0.39, 0.29) is 5.91 Å². The van der Waals surface area contributed by atoms with E-state index in [1.807, 2.05) is 35.4 Å². The molecule has 1 fully saturated rings. The molecule has 0 N–H and O–H groups in total. The number of halogens is 1. The van der Waals surface area contributed by atoms with Gasteiger partial charge in [0, 0.05) is 28.4 Å². The van der Waals surface area contributed by atoms with Crippen LogP contribution in [0.1, 0.15) is 23.2 Å². The van der Waals surface area contributed by atoms with Gasteiger partial charge in [0.05, 0.1) is 0 Å². The largest absolute Gasteiger partial charge is 0.335 e. The van der Waals surface area contributed by atoms with E-state index in [2.05, 4.69) is 15.9 Å². The van der Waals surface area contributed by atoms with Crippen LogP contribution in [0, 0.1) is 0 Å². The molecular formula is C13H16BrNOS. The number of rotatable bonds is 5. The van der Waals surface area contributed by atoms with Crippen molar-refractivity contribution in [2.24, 2.45) is 0 Å². The number of thioether (sulfide) groups is 1. The van der Waals surface area contributed by atoms with Gasteiger partial charge in [0.1, 0.15) is 0 Å². The number of carbonyl (C=O) groups is 1. The average Bonchev–Trinajstić information content (AvgIpc) is 3.19. The van der Waals surface area contributed by atoms with E-state index in [4.69, 9.17) is 0 Å². The molecule has 2 nitrogen and oxygen atoms in total. The zero-order valence-electron chi connectivity index (χ0n) is 9.86. The molecule has 2 rings (SSSR count). The fourth-order valence-corrected chi connectivity index (χ4v) is 2.62. The number of nitrogens with zero attached hydrogens (tertiary/aromatic N) is 1. The Morgan fingerprint density at radius 1 is 1.41 bits per heavy atom. The summed E-state index contributed by atoms with van der Waals surface area (Å²) < 4.78 is 0. The van der Waals surface area contributed by atoms with Gasteiger partial charge >= 0.3 is 0 Å². The lowest BCUT2D eigenvalue weighted by molar-refractivity contribution is 0.0754. The predicted octanol–water partition coefficient (Wildman–Crippen LogP) is 3.41. The van der Waals surface area contributed by atoms with Gasteiger partial charge in [0.2, 0.25) is 0 Å². The van der Waals surface area contributed by atoms with Gasteiger partial charge in [0.25, 0.3) is 5.91 Å². The van der Waals surface area contributed by atoms with Crippen LogP contribution in [0.3, 0.4) is 0 Å². The van der Waals surface area contributed by atoms with Crippen LogP contribution in [0.25, 0.3) is 0 Å². The molecule has 1 aromatic rings. The van der Waals surface area contributed by atoms with Crippen molar-refractivity contribution < 1.29 is 4.79 Å². The van der Waals surface area contributed by atoms with E-state index in [0.29, 0.717) is 6.04 Å². The summed E-state index contributed by atoms with van der Waals surface area (Å²) in [7, 11) is 0. The predicted molar refractivity (Wildman–Crippen MR) is 76.1 cm³/mol. The monoisotopic (exact) mass is 313 g/mol. The lowest BCUT2D eigenvalue weighted by atomic mass is 10.2. The van der Waals surface area contributed by atoms with E-state index in [9.17, 15) is 4.79 Å². The summed E-state index contributed by atoms with van der Waals surface area (Å²) in [6.45, 7) is 0.799. The SMILES string of the molecule is CSc1ccc(C(=O)N(CCBr)C2CC2)cc1. The number of hydrogen-bond donors (Lipinski definition) is 0. The Hall–Kier alpha value is -0.480. The zero-order chi connectivity index (χ0) is 12.3. The summed E-state index contributed by atoms with van der Waals surface area (Å²) >= 11 is 5.11. The first kappa shape index (κ1) is 13.0. The summed E-state index contributed by atoms with van der Waals surface area (Å²) in [4.78, 5) is 15.5. The average molecular weight is 314 g/mol. The number of hydrogen-bond acceptors (Lipinski definition) is 2. The molecule has 0 radical (unpaired) electrons. The number of benzene rings is 1. The van der Waals surface area contributed by atoms with Crippen LogP contribution in [0.5, 0.6) is 0 Å². The van der Waals surface area contributed by atoms with Gasteiger partial charge in [0.15, 0.2) is 0 Å². The molecule has 1 saturated carbocycles. The molecule has 0 unspecified atom stereocenters. The minimum Gasteiger partial charge on any atom is -0.335 e. The molecule has 92 valence electrons. The van der Waals surface area contributed by atoms with E-state index in [1.54, 1.807) is 11.8 Å². The maximum absolute atomic E-state index is 12.3. The van der Waals surface area contributed by atoms with Gasteiger partial charge in [-0.25, -0.2) is 0 Å². The molecule has 1 aromatic carbocycles. The smallest absolute Gasteiger partial charge is 0.254 e. The van der Waals surface area contributed by atoms with Crippen LogP contribution < -0.4 is 0 Å². The lowest BCUT2D eigenvalue weighted by Crippen LogP contribution is -2.34. The highest BCUT2D eigenvalue weighted by atomic mass is 79.9. The molecule has 0 spiro atoms. The first-order chi connectivity index (χ1) is 8.26. The van der Waals surface area contributed by atoms with Gasteiger partial charge in [-0.1, -0.05) is 15.9 Å². The van der Waals surface area contributed by atoms with Gasteiger partial charge in [-0.05, 0) is 43.4 Å². The third kappa shape index (κ3) is 3.26. The Morgan fingerprint density at radius 3 is 2.53 bits per heavy atom. The van der Waals surface area contributed by atoms with Gasteiger partial charge in [-0.3, -0.25) is 4.79 Å². The summed E-state index contributed by atoms with van der Waals surface area (Å²) in [5.74, 6) is 0.166. The summed E-state index contributed by atoms with van der Waals surface area (Å²) in [6.07, 6.45) is 4.35. The zero-order valence-corrected chi connectivity index (χ0v) is 12.3. The Morgan fingerprint density at radius 2 is 2.06 bits per heavy atom. The topological polar surface area (TPSA) is 20.3 Å². The maximum atomic E-state index is 12.3. The van der Waals surface area contributed by atoms with Crippen molar-refractivity contribution in [3.8, 4) is 0 Å². The van der Waals surface area contributed by atoms with Gasteiger partial charge in [-0.2, -0.15) is 0 Å². The van der Waals surface area contributed by atoms with Crippen molar-refractivity contribution in [3.05, 3.63) is 29.8 Å². The first-order valence-corrected chi connectivity index (χ1v) is 8.12. The molecule has 0 aromatic heterocycles. The third-order valence-electron chi connectivity index (χ3n) is 2.91. The van der Waals surface area contributed by atoms with Gasteiger partial charge < -0.3 is 4.90 Å². The molecule has 4 heteroatoms. The van der Waals surface area contributed by atoms with Crippen molar-refractivity contribution in [2.75, 3.05) is 18.1 Å². The van der Waals surface area contributed by atoms with E-state index >= 15 is 0 Å². The second-order valence-corrected chi connectivity index (χ2v) is 5.82. The van der Waals surface area contributed by atoms with E-state index in [0.717, 1.165) is 30.3 Å². The molecule has 0 aliphatic heterocycles. The molecule has 1 amide bonds. The lowest BCUT2D eigenvalue weighted by Gasteiger charge is -2.21. The van der Waals surface area contributed by atoms with Crippen LogP contribution in [-0.4, -0.2) is 35.0 Å². The Kier molecular flexibility index (Phi) is 4.51. The highest BCUT2D eigenvalue weighted by Crippen LogP contribution is 2.28. The van der Waals surface area contributed by atoms with E-state index < -0.39 is 0 Å². The minimum absolute atomic E-state index is 0.166. The molecule has 1 aliphatic carbocycles. The second kappa shape index (κ2) is 5.91. The third-order valence-corrected chi connectivity index (χ3v) is 4.01. The summed E-state index contributed by atoms with van der Waals surface area (Å²) in [5, 5.41) is 0.845. The summed E-state index contributed by atoms with van der Waals surface area (Å²) in [6, 6.07) is 8.35. The fraction of sp³-hybridized carbons (Fsp3) is 0.462. The maximum Gasteiger partial charge on any atom is 0.254 e. The Labute approximate surface area is 115 Å². The number of alkyl halides is 1. The van der Waals surface area contributed by atoms with Crippen LogP contribution >= 0.6 is 27.7 Å². The highest BCUT2D eigenvalue weighted by molar-refractivity contribution is 9.09. The molecular weight excluding hydrogens is 298 g/mol. The molecule has 0 bridgehead atoms. The number of amides is 1. The number of carbonyl (C=O) groups excluding carboxylic acids is 1. The van der Waals surface area contributed by atoms with Crippen LogP contribution in [-0.2, 0) is 0 Å². The first-order valence-electron chi connectivity index (χ1n) is 5.77. The molecule has 0 heterocycles. The van der Waals surface area contributed by atoms with Crippen LogP contribution in [0.2, 0.25) is 0 Å². The quantitative estimate of drug-likeness (QED) is 0.613. The summed E-state index contributed by atoms with van der Waals surface area (Å²) in [5.41, 5.74) is 0.802. The van der Waals surface area contributed by atoms with Crippen molar-refractivity contribution in [1.29, 1.82) is 0 Å². The molecule has 1 aliphatic rings. The van der Waals surface area contributed by atoms with Crippen molar-refractivity contribution in [1.82, 2.24) is 4.90 Å². The van der Waals surface area contributed by atoms with E-state index in [1.165, 1.54) is 4.90 Å². The van der Waals surface area contributed by atoms with Crippen LogP contribution in [0.15, 0.2) is 29.2 Å². The van der Waals surface area contributed by atoms with Gasteiger partial charge in [-0.15, -0.1) is 11.8 Å². The van der Waals surface area contributed by atoms with Crippen molar-refractivity contribution in [3.63, 3.8) is 0 Å². The molecule has 0 atom stereocenters. The standard InChI is InChI=1S/C13H16BrNOS/c1-17-12-6-2-10(3-7-12)13(16)15(9-8-14)11-4-5-11/h2-3,6-7,11H,4-5,8-9H2,1H3. The minimum atomic E-state index is 0.166. The highest BCUT2D eigenvalue weighted by Gasteiger charge is 2.32. The Bertz CT molecular complexity index is 389. The molecule has 17 heavy (non-hydrogen) atoms. The Balaban J connectivity index is 2.10. The fourth-order valence-electron chi connectivity index (χ4n) is 1.83.